The number of thioether (sulfide) groups is 1. The summed E-state index contributed by atoms with van der Waals surface area (Å²) >= 11 is -0.0833. The number of pyridine rings is 1. The lowest BCUT2D eigenvalue weighted by Gasteiger charge is -2.42. The van der Waals surface area contributed by atoms with Gasteiger partial charge in [0, 0.05) is 69.1 Å². The first-order chi connectivity index (χ1) is 30.7. The van der Waals surface area contributed by atoms with Crippen LogP contribution in [0.5, 0.6) is 0 Å². The Labute approximate surface area is 328 Å². The van der Waals surface area contributed by atoms with E-state index < -0.39 is 120 Å². The van der Waals surface area contributed by atoms with Crippen LogP contribution in [0.4, 0.5) is 22.0 Å². The van der Waals surface area contributed by atoms with E-state index in [0.717, 1.165) is 68.6 Å². The number of piperidine rings is 1. The second kappa shape index (κ2) is 16.7. The van der Waals surface area contributed by atoms with Crippen LogP contribution in [0.1, 0.15) is 61.6 Å². The third-order valence-electron chi connectivity index (χ3n) is 8.06. The molecule has 1 aliphatic heterocycles. The van der Waals surface area contributed by atoms with Gasteiger partial charge >= 0.3 is 6.18 Å². The highest BCUT2D eigenvalue weighted by Gasteiger charge is 2.33. The SMILES string of the molecule is [2H]C([2H])(Sc1cc(=O)c2ccccc2n1C([2H])([2H])C(=O)N(C([2H])(C)c1ccc(-c2ccc(C(F)(F)F)cc2)cc1)C1([2H])C([2H])([2H])C([2H])([2H])N(CCOC)C([2H])([2H])C1([2H])[2H])c1cccc(F)c1F. The molecule has 0 radical (unpaired) electrons. The molecule has 1 aromatic heterocycles. The second-order valence-corrected chi connectivity index (χ2v) is 12.3. The molecule has 1 amide bonds. The highest BCUT2D eigenvalue weighted by Crippen LogP contribution is 2.34. The van der Waals surface area contributed by atoms with E-state index >= 15 is 9.18 Å². The number of nitrogens with zero attached hydrogens (tertiary/aromatic N) is 3. The number of amides is 1. The lowest BCUT2D eigenvalue weighted by molar-refractivity contribution is -0.138. The van der Waals surface area contributed by atoms with Crippen molar-refractivity contribution in [1.29, 1.82) is 0 Å². The number of rotatable bonds is 12. The molecule has 1 atom stereocenters. The smallest absolute Gasteiger partial charge is 0.383 e. The molecule has 1 fully saturated rings. The van der Waals surface area contributed by atoms with Gasteiger partial charge in [-0.25, -0.2) is 8.78 Å². The molecule has 0 bridgehead atoms. The Hall–Kier alpha value is -4.52. The molecule has 0 N–H and O–H groups in total. The van der Waals surface area contributed by atoms with Crippen LogP contribution < -0.4 is 5.43 Å². The molecule has 2 heterocycles. The van der Waals surface area contributed by atoms with E-state index in [2.05, 4.69) is 0 Å². The standard InChI is InChI=1S/C41H40F5N3O3S/c1-27(28-10-12-29(13-11-28)30-14-16-32(17-15-30)41(44,45)46)49(33-18-20-47(21-19-33)22-23-52-2)38(51)25-48-36-9-4-3-7-34(36)37(50)24-39(48)53-26-31-6-5-8-35(42)40(31)43/h3-17,24,27,33H,18-23,25-26H2,1-2H3/i18D2,19D2,20D2,21D2,25D2,26D2,27D,33D. The Morgan fingerprint density at radius 3 is 2.34 bits per heavy atom. The number of carbonyl (C=O) groups is 1. The zero-order valence-corrected chi connectivity index (χ0v) is 28.8. The number of hydrogen-bond acceptors (Lipinski definition) is 5. The number of para-hydroxylation sites is 1. The number of aromatic nitrogens is 1. The van der Waals surface area contributed by atoms with Crippen molar-refractivity contribution >= 4 is 28.6 Å². The minimum absolute atomic E-state index is 0.0833. The average molecular weight is 764 g/mol. The highest BCUT2D eigenvalue weighted by molar-refractivity contribution is 7.98. The van der Waals surface area contributed by atoms with Crippen LogP contribution in [0.15, 0.2) is 107 Å². The number of carbonyl (C=O) groups excluding carboxylic acids is 1. The van der Waals surface area contributed by atoms with E-state index in [1.807, 2.05) is 0 Å². The van der Waals surface area contributed by atoms with E-state index in [4.69, 9.17) is 13.0 Å². The molecule has 278 valence electrons. The summed E-state index contributed by atoms with van der Waals surface area (Å²) in [6.45, 7) is -12.1. The highest BCUT2D eigenvalue weighted by atomic mass is 32.2. The maximum absolute atomic E-state index is 15.7. The van der Waals surface area contributed by atoms with Gasteiger partial charge in [-0.2, -0.15) is 13.2 Å². The van der Waals surface area contributed by atoms with Gasteiger partial charge in [-0.3, -0.25) is 9.59 Å². The fourth-order valence-corrected chi connectivity index (χ4v) is 6.06. The molecule has 1 aliphatic rings. The van der Waals surface area contributed by atoms with Gasteiger partial charge in [0.2, 0.25) is 5.91 Å². The van der Waals surface area contributed by atoms with Crippen molar-refractivity contribution in [3.05, 3.63) is 136 Å². The molecule has 1 saturated heterocycles. The van der Waals surface area contributed by atoms with Crippen molar-refractivity contribution in [3.8, 4) is 11.1 Å². The Bertz CT molecular complexity index is 2730. The number of ether oxygens (including phenoxy) is 1. The molecule has 12 heteroatoms. The maximum Gasteiger partial charge on any atom is 0.416 e. The zero-order valence-electron chi connectivity index (χ0n) is 42.0. The number of benzene rings is 4. The largest absolute Gasteiger partial charge is 0.416 e. The normalized spacial score (nSPS) is 24.2. The summed E-state index contributed by atoms with van der Waals surface area (Å²) in [6.07, 6.45) is -13.0. The lowest BCUT2D eigenvalue weighted by Crippen LogP contribution is -2.49. The first-order valence-electron chi connectivity index (χ1n) is 22.9. The van der Waals surface area contributed by atoms with Gasteiger partial charge in [-0.1, -0.05) is 60.7 Å². The third-order valence-corrected chi connectivity index (χ3v) is 8.89. The van der Waals surface area contributed by atoms with E-state index in [1.165, 1.54) is 30.3 Å². The van der Waals surface area contributed by atoms with Gasteiger partial charge in [0.1, 0.15) is 6.50 Å². The van der Waals surface area contributed by atoms with Gasteiger partial charge < -0.3 is 19.1 Å². The molecule has 4 aromatic carbocycles. The van der Waals surface area contributed by atoms with Crippen LogP contribution in [0.3, 0.4) is 0 Å². The van der Waals surface area contributed by atoms with Gasteiger partial charge in [0.25, 0.3) is 0 Å². The van der Waals surface area contributed by atoms with Crippen LogP contribution in [0.25, 0.3) is 22.0 Å². The Morgan fingerprint density at radius 1 is 1.02 bits per heavy atom. The third kappa shape index (κ3) is 8.83. The quantitative estimate of drug-likeness (QED) is 0.0939. The van der Waals surface area contributed by atoms with Crippen molar-refractivity contribution in [2.24, 2.45) is 0 Å². The van der Waals surface area contributed by atoms with Gasteiger partial charge in [0.15, 0.2) is 17.1 Å². The molecular formula is C41H40F5N3O3S. The molecule has 6 nitrogen and oxygen atoms in total. The van der Waals surface area contributed by atoms with Crippen molar-refractivity contribution in [2.75, 3.05) is 33.3 Å². The summed E-state index contributed by atoms with van der Waals surface area (Å²) in [5, 5.41) is -1.14. The van der Waals surface area contributed by atoms with Crippen molar-refractivity contribution in [1.82, 2.24) is 14.4 Å². The molecule has 6 rings (SSSR count). The Kier molecular flexibility index (Phi) is 7.54. The van der Waals surface area contributed by atoms with Gasteiger partial charge in [0.05, 0.1) is 34.2 Å². The van der Waals surface area contributed by atoms with E-state index in [9.17, 15) is 33.3 Å². The molecular weight excluding hydrogens is 710 g/mol. The summed E-state index contributed by atoms with van der Waals surface area (Å²) in [4.78, 5) is 29.0. The zero-order chi connectivity index (χ0) is 50.3. The van der Waals surface area contributed by atoms with Gasteiger partial charge in [-0.15, -0.1) is 11.8 Å². The Morgan fingerprint density at radius 2 is 1.68 bits per heavy atom. The molecule has 5 aromatic rings. The van der Waals surface area contributed by atoms with Gasteiger partial charge in [-0.05, 0) is 66.7 Å². The molecule has 0 spiro atoms. The Balaban J connectivity index is 1.64. The lowest BCUT2D eigenvalue weighted by atomic mass is 9.96. The summed E-state index contributed by atoms with van der Waals surface area (Å²) < 4.78 is 204. The van der Waals surface area contributed by atoms with Crippen LogP contribution in [0.2, 0.25) is 0 Å². The minimum atomic E-state index is -4.67. The predicted molar refractivity (Wildman–Crippen MR) is 198 cm³/mol. The van der Waals surface area contributed by atoms with Crippen LogP contribution in [-0.4, -0.2) is 59.5 Å². The number of fused-ring (bicyclic) bond motifs is 1. The fourth-order valence-electron chi connectivity index (χ4n) is 5.29. The topological polar surface area (TPSA) is 54.8 Å². The summed E-state index contributed by atoms with van der Waals surface area (Å²) in [7, 11) is 1.14. The summed E-state index contributed by atoms with van der Waals surface area (Å²) in [5.41, 5.74) is -6.43. The first-order valence-corrected chi connectivity index (χ1v) is 16.7. The van der Waals surface area contributed by atoms with Crippen LogP contribution in [0, 0.1) is 11.6 Å². The summed E-state index contributed by atoms with van der Waals surface area (Å²) in [6, 6.07) is 9.01. The van der Waals surface area contributed by atoms with Crippen molar-refractivity contribution in [3.63, 3.8) is 0 Å². The number of hydrogen-bond donors (Lipinski definition) is 0. The molecule has 1 unspecified atom stereocenters. The number of likely N-dealkylation sites (tertiary alicyclic amines) is 1. The number of halogens is 5. The molecule has 0 saturated carbocycles. The second-order valence-electron chi connectivity index (χ2n) is 11.5. The predicted octanol–water partition coefficient (Wildman–Crippen LogP) is 8.96. The first kappa shape index (κ1) is 24.0. The van der Waals surface area contributed by atoms with E-state index in [-0.39, 0.29) is 38.1 Å². The van der Waals surface area contributed by atoms with Crippen LogP contribution >= 0.6 is 11.8 Å². The molecule has 0 aliphatic carbocycles. The van der Waals surface area contributed by atoms with Crippen molar-refractivity contribution in [2.45, 2.75) is 55.1 Å². The summed E-state index contributed by atoms with van der Waals surface area (Å²) in [5.74, 6) is -5.36. The van der Waals surface area contributed by atoms with E-state index in [0.29, 0.717) is 16.7 Å². The van der Waals surface area contributed by atoms with Crippen molar-refractivity contribution < 1.29 is 50.7 Å². The number of methoxy groups -OCH3 is 1. The van der Waals surface area contributed by atoms with E-state index in [1.54, 1.807) is 0 Å². The average Bonchev–Trinajstić information content (AvgIpc) is 3.23. The fraction of sp³-hybridized carbons (Fsp3) is 0.317. The molecule has 53 heavy (non-hydrogen) atoms. The minimum Gasteiger partial charge on any atom is -0.383 e. The monoisotopic (exact) mass is 763 g/mol. The maximum atomic E-state index is 15.7. The number of alkyl halides is 3. The van der Waals surface area contributed by atoms with Crippen LogP contribution in [-0.2, 0) is 27.9 Å².